The smallest absolute Gasteiger partial charge is 0.462 e. The van der Waals surface area contributed by atoms with Gasteiger partial charge in [0.05, 0.1) is 6.61 Å². The molecule has 19 nitrogen and oxygen atoms in total. The number of phosphoric ester groups is 3. The molecule has 0 amide bonds. The van der Waals surface area contributed by atoms with Crippen LogP contribution in [0.2, 0.25) is 0 Å². The third-order valence-corrected chi connectivity index (χ3v) is 13.2. The second-order valence-electron chi connectivity index (χ2n) is 17.4. The van der Waals surface area contributed by atoms with E-state index in [9.17, 15) is 63.1 Å². The van der Waals surface area contributed by atoms with Gasteiger partial charge in [-0.2, -0.15) is 0 Å². The highest BCUT2D eigenvalue weighted by atomic mass is 31.2. The molecule has 1 aliphatic carbocycles. The van der Waals surface area contributed by atoms with E-state index in [0.717, 1.165) is 57.8 Å². The molecule has 0 saturated heterocycles. The maximum atomic E-state index is 13.1. The summed E-state index contributed by atoms with van der Waals surface area (Å²) in [6.45, 7) is 2.88. The summed E-state index contributed by atoms with van der Waals surface area (Å²) in [7, 11) is -16.6. The number of allylic oxidation sites excluding steroid dienone is 8. The highest BCUT2D eigenvalue weighted by Gasteiger charge is 2.56. The molecule has 0 aromatic heterocycles. The van der Waals surface area contributed by atoms with E-state index in [2.05, 4.69) is 59.4 Å². The first-order chi connectivity index (χ1) is 32.8. The van der Waals surface area contributed by atoms with Crippen molar-refractivity contribution in [3.8, 4) is 0 Å². The lowest BCUT2D eigenvalue weighted by Crippen LogP contribution is -2.65. The summed E-state index contributed by atoms with van der Waals surface area (Å²) in [5, 5.41) is 31.9. The number of aliphatic hydroxyl groups excluding tert-OH is 3. The Morgan fingerprint density at radius 1 is 0.464 bits per heavy atom. The predicted octanol–water partition coefficient (Wildman–Crippen LogP) is 9.40. The quantitative estimate of drug-likeness (QED) is 0.0122. The van der Waals surface area contributed by atoms with Crippen LogP contribution in [-0.2, 0) is 50.9 Å². The van der Waals surface area contributed by atoms with Crippen molar-refractivity contribution in [1.82, 2.24) is 0 Å². The molecule has 69 heavy (non-hydrogen) atoms. The maximum Gasteiger partial charge on any atom is 0.472 e. The van der Waals surface area contributed by atoms with E-state index in [1.165, 1.54) is 77.0 Å². The maximum absolute atomic E-state index is 13.1. The van der Waals surface area contributed by atoms with Gasteiger partial charge < -0.3 is 49.3 Å². The van der Waals surface area contributed by atoms with E-state index in [0.29, 0.717) is 19.3 Å². The van der Waals surface area contributed by atoms with Gasteiger partial charge in [0.25, 0.3) is 0 Å². The van der Waals surface area contributed by atoms with Gasteiger partial charge in [0, 0.05) is 12.8 Å². The largest absolute Gasteiger partial charge is 0.472 e. The van der Waals surface area contributed by atoms with Gasteiger partial charge in [0.2, 0.25) is 0 Å². The zero-order valence-corrected chi connectivity index (χ0v) is 43.6. The van der Waals surface area contributed by atoms with Crippen LogP contribution in [0.4, 0.5) is 0 Å². The molecule has 0 spiro atoms. The first kappa shape index (κ1) is 65.1. The number of carbonyl (C=O) groups excluding carboxylic acids is 2. The molecule has 8 atom stereocenters. The van der Waals surface area contributed by atoms with Crippen molar-refractivity contribution in [1.29, 1.82) is 0 Å². The van der Waals surface area contributed by atoms with Crippen LogP contribution in [-0.4, -0.2) is 108 Å². The van der Waals surface area contributed by atoms with Gasteiger partial charge in [-0.05, 0) is 51.4 Å². The van der Waals surface area contributed by atoms with Gasteiger partial charge in [-0.3, -0.25) is 27.7 Å². The zero-order valence-electron chi connectivity index (χ0n) is 40.9. The van der Waals surface area contributed by atoms with E-state index < -0.39 is 91.3 Å². The molecule has 0 heterocycles. The Hall–Kier alpha value is -1.89. The molecule has 0 aromatic rings. The summed E-state index contributed by atoms with van der Waals surface area (Å²) in [6, 6.07) is 0. The first-order valence-corrected chi connectivity index (χ1v) is 29.5. The van der Waals surface area contributed by atoms with Crippen molar-refractivity contribution in [2.45, 2.75) is 224 Å². The fraction of sp³-hybridized carbons (Fsp3) is 0.787. The molecule has 8 N–H and O–H groups in total. The lowest BCUT2D eigenvalue weighted by molar-refractivity contribution is -0.213. The standard InChI is InChI=1S/C47H85O19P3/c1-3-5-7-9-11-13-15-17-19-20-22-23-25-27-29-31-33-35-40(48)61-37-39(63-41(49)36-34-32-30-28-26-24-21-18-16-14-12-10-8-6-4-2)38-62-69(59,60)66-45-42(50)43(51)46(64-67(53,54)55)47(44(45)52)65-68(56,57)58/h11,13,17,19,22-23,27,29,39,42-47,50-52H,3-10,12,14-16,18,20-21,24-26,28,30-38H2,1-2H3,(H,59,60)(H2,53,54,55)(H2,56,57,58)/b13-11-,19-17-,23-22-,29-27-/t39-,42?,43?,44?,45+,46?,47+/m1/s1. The number of unbranched alkanes of at least 4 members (excludes halogenated alkanes) is 18. The molecular formula is C47H85O19P3. The molecule has 1 fully saturated rings. The molecular weight excluding hydrogens is 961 g/mol. The van der Waals surface area contributed by atoms with E-state index >= 15 is 0 Å². The number of hydrogen-bond donors (Lipinski definition) is 8. The summed E-state index contributed by atoms with van der Waals surface area (Å²) < 4.78 is 65.5. The molecule has 402 valence electrons. The fourth-order valence-corrected chi connectivity index (χ4v) is 9.50. The minimum Gasteiger partial charge on any atom is -0.462 e. The topological polar surface area (TPSA) is 303 Å². The molecule has 0 aliphatic heterocycles. The van der Waals surface area contributed by atoms with Gasteiger partial charge in [-0.15, -0.1) is 0 Å². The number of ether oxygens (including phenoxy) is 2. The lowest BCUT2D eigenvalue weighted by Gasteiger charge is -2.44. The second-order valence-corrected chi connectivity index (χ2v) is 21.2. The monoisotopic (exact) mass is 1050 g/mol. The molecule has 22 heteroatoms. The van der Waals surface area contributed by atoms with E-state index in [1.807, 2.05) is 12.2 Å². The van der Waals surface area contributed by atoms with Crippen molar-refractivity contribution in [3.63, 3.8) is 0 Å². The molecule has 1 saturated carbocycles. The summed E-state index contributed by atoms with van der Waals surface area (Å²) in [6.07, 6.45) is 25.6. The van der Waals surface area contributed by atoms with Crippen LogP contribution in [0.1, 0.15) is 181 Å². The normalized spacial score (nSPS) is 21.7. The average Bonchev–Trinajstić information content (AvgIpc) is 3.28. The van der Waals surface area contributed by atoms with Crippen molar-refractivity contribution < 1.29 is 90.6 Å². The predicted molar refractivity (Wildman–Crippen MR) is 261 cm³/mol. The van der Waals surface area contributed by atoms with Crippen LogP contribution in [0.5, 0.6) is 0 Å². The number of carbonyl (C=O) groups is 2. The summed E-state index contributed by atoms with van der Waals surface area (Å²) in [5.41, 5.74) is 0. The Bertz CT molecular complexity index is 1630. The molecule has 0 radical (unpaired) electrons. The highest BCUT2D eigenvalue weighted by molar-refractivity contribution is 7.47. The van der Waals surface area contributed by atoms with Crippen LogP contribution in [0.25, 0.3) is 0 Å². The number of rotatable bonds is 42. The Morgan fingerprint density at radius 3 is 1.33 bits per heavy atom. The van der Waals surface area contributed by atoms with E-state index in [4.69, 9.17) is 18.5 Å². The van der Waals surface area contributed by atoms with Crippen molar-refractivity contribution in [3.05, 3.63) is 48.6 Å². The first-order valence-electron chi connectivity index (χ1n) is 24.9. The van der Waals surface area contributed by atoms with Gasteiger partial charge in [0.1, 0.15) is 43.2 Å². The SMILES string of the molecule is CCCCC/C=C\C/C=C\C/C=C\C/C=C\CCCC(=O)OC[C@H](COP(=O)(O)O[C@H]1C(O)C(O)C(OP(=O)(O)O)[C@@H](OP(=O)(O)O)C1O)OC(=O)CCCCCCCCCCCCCCCCC. The zero-order chi connectivity index (χ0) is 51.4. The van der Waals surface area contributed by atoms with Crippen LogP contribution >= 0.6 is 23.5 Å². The molecule has 1 rings (SSSR count). The van der Waals surface area contributed by atoms with Crippen molar-refractivity contribution in [2.24, 2.45) is 0 Å². The Labute approximate surface area is 410 Å². The lowest BCUT2D eigenvalue weighted by atomic mass is 9.85. The van der Waals surface area contributed by atoms with Gasteiger partial charge in [-0.25, -0.2) is 13.7 Å². The Balaban J connectivity index is 2.74. The number of aliphatic hydroxyl groups is 3. The minimum absolute atomic E-state index is 0.00460. The highest BCUT2D eigenvalue weighted by Crippen LogP contribution is 2.51. The molecule has 0 bridgehead atoms. The summed E-state index contributed by atoms with van der Waals surface area (Å²) in [4.78, 5) is 73.3. The van der Waals surface area contributed by atoms with Gasteiger partial charge >= 0.3 is 35.4 Å². The third kappa shape index (κ3) is 35.0. The van der Waals surface area contributed by atoms with Gasteiger partial charge in [0.15, 0.2) is 6.10 Å². The number of esters is 2. The van der Waals surface area contributed by atoms with Crippen molar-refractivity contribution in [2.75, 3.05) is 13.2 Å². The fourth-order valence-electron chi connectivity index (χ4n) is 7.40. The molecule has 1 aliphatic rings. The number of hydrogen-bond acceptors (Lipinski definition) is 14. The van der Waals surface area contributed by atoms with Crippen LogP contribution in [0.3, 0.4) is 0 Å². The van der Waals surface area contributed by atoms with Crippen LogP contribution < -0.4 is 0 Å². The van der Waals surface area contributed by atoms with Crippen molar-refractivity contribution >= 4 is 35.4 Å². The molecule has 5 unspecified atom stereocenters. The molecule has 0 aromatic carbocycles. The van der Waals surface area contributed by atoms with E-state index in [-0.39, 0.29) is 12.8 Å². The average molecular weight is 1050 g/mol. The van der Waals surface area contributed by atoms with Crippen LogP contribution in [0.15, 0.2) is 48.6 Å². The third-order valence-electron chi connectivity index (χ3n) is 11.1. The summed E-state index contributed by atoms with van der Waals surface area (Å²) in [5.74, 6) is -1.36. The Kier molecular flexibility index (Phi) is 36.5. The van der Waals surface area contributed by atoms with Gasteiger partial charge in [-0.1, -0.05) is 165 Å². The number of phosphoric acid groups is 3. The second kappa shape index (κ2) is 38.7. The van der Waals surface area contributed by atoms with Crippen LogP contribution in [0, 0.1) is 0 Å². The summed E-state index contributed by atoms with van der Waals surface area (Å²) >= 11 is 0. The Morgan fingerprint density at radius 2 is 0.855 bits per heavy atom. The van der Waals surface area contributed by atoms with E-state index in [1.54, 1.807) is 0 Å². The minimum atomic E-state index is -5.61.